The molecule has 2 aliphatic rings. The van der Waals surface area contributed by atoms with Crippen LogP contribution in [0.1, 0.15) is 26.3 Å². The Morgan fingerprint density at radius 2 is 1.47 bits per heavy atom. The molecular formula is C20H30O9S. The van der Waals surface area contributed by atoms with Crippen molar-refractivity contribution < 1.29 is 41.0 Å². The van der Waals surface area contributed by atoms with Gasteiger partial charge >= 0.3 is 0 Å². The maximum Gasteiger partial charge on any atom is 0.297 e. The first-order valence-corrected chi connectivity index (χ1v) is 11.0. The molecule has 2 heterocycles. The van der Waals surface area contributed by atoms with E-state index >= 15 is 0 Å². The molecule has 0 saturated carbocycles. The minimum absolute atomic E-state index is 0.0195. The Kier molecular flexibility index (Phi) is 6.62. The molecule has 30 heavy (non-hydrogen) atoms. The average molecular weight is 447 g/mol. The van der Waals surface area contributed by atoms with Crippen LogP contribution >= 0.6 is 0 Å². The van der Waals surface area contributed by atoms with Gasteiger partial charge in [-0.05, 0) is 39.8 Å². The third kappa shape index (κ3) is 4.03. The average Bonchev–Trinajstić information content (AvgIpc) is 2.71. The maximum atomic E-state index is 13.0. The number of methoxy groups -OCH3 is 3. The SMILES string of the molecule is CO[C@@H]1O[C@@H](C)[C@@H]2O[C@@](C)(OC)[C@](C)(OC)O[C@H]2[C@H]1OS(=O)(=O)c1ccc(C)cc1. The predicted molar refractivity (Wildman–Crippen MR) is 105 cm³/mol. The molecule has 0 aliphatic carbocycles. The molecular weight excluding hydrogens is 416 g/mol. The summed E-state index contributed by atoms with van der Waals surface area (Å²) in [4.78, 5) is 0.0195. The molecule has 0 aromatic heterocycles. The molecule has 0 bridgehead atoms. The van der Waals surface area contributed by atoms with Gasteiger partial charge in [-0.25, -0.2) is 0 Å². The van der Waals surface area contributed by atoms with Crippen molar-refractivity contribution >= 4 is 10.1 Å². The molecule has 0 radical (unpaired) electrons. The maximum absolute atomic E-state index is 13.0. The van der Waals surface area contributed by atoms with Crippen LogP contribution in [0, 0.1) is 6.92 Å². The second kappa shape index (κ2) is 8.44. The van der Waals surface area contributed by atoms with Gasteiger partial charge in [-0.2, -0.15) is 8.42 Å². The van der Waals surface area contributed by atoms with E-state index in [0.29, 0.717) is 0 Å². The summed E-state index contributed by atoms with van der Waals surface area (Å²) < 4.78 is 66.2. The van der Waals surface area contributed by atoms with Gasteiger partial charge in [0.2, 0.25) is 11.6 Å². The minimum atomic E-state index is -4.13. The van der Waals surface area contributed by atoms with E-state index in [1.165, 1.54) is 33.5 Å². The summed E-state index contributed by atoms with van der Waals surface area (Å²) in [5.74, 6) is -2.60. The lowest BCUT2D eigenvalue weighted by atomic mass is 9.94. The smallest absolute Gasteiger partial charge is 0.297 e. The molecule has 2 saturated heterocycles. The van der Waals surface area contributed by atoms with Crippen LogP contribution in [0.4, 0.5) is 0 Å². The van der Waals surface area contributed by atoms with Crippen LogP contribution in [0.2, 0.25) is 0 Å². The summed E-state index contributed by atoms with van der Waals surface area (Å²) in [6.07, 6.45) is -4.19. The van der Waals surface area contributed by atoms with Gasteiger partial charge in [0.15, 0.2) is 12.4 Å². The van der Waals surface area contributed by atoms with E-state index in [1.807, 2.05) is 6.92 Å². The van der Waals surface area contributed by atoms with Crippen LogP contribution in [0.3, 0.4) is 0 Å². The van der Waals surface area contributed by atoms with Gasteiger partial charge in [0.25, 0.3) is 10.1 Å². The fourth-order valence-electron chi connectivity index (χ4n) is 3.67. The van der Waals surface area contributed by atoms with Crippen molar-refractivity contribution in [3.63, 3.8) is 0 Å². The van der Waals surface area contributed by atoms with Crippen LogP contribution in [-0.4, -0.2) is 72.0 Å². The van der Waals surface area contributed by atoms with E-state index in [0.717, 1.165) is 5.56 Å². The summed E-state index contributed by atoms with van der Waals surface area (Å²) in [6, 6.07) is 6.35. The molecule has 10 heteroatoms. The number of hydrogen-bond donors (Lipinski definition) is 0. The monoisotopic (exact) mass is 446 g/mol. The van der Waals surface area contributed by atoms with E-state index in [2.05, 4.69) is 0 Å². The van der Waals surface area contributed by atoms with Crippen molar-refractivity contribution in [1.82, 2.24) is 0 Å². The van der Waals surface area contributed by atoms with E-state index in [1.54, 1.807) is 32.9 Å². The number of hydrogen-bond acceptors (Lipinski definition) is 9. The Bertz CT molecular complexity index is 842. The third-order valence-electron chi connectivity index (χ3n) is 5.83. The predicted octanol–water partition coefficient (Wildman–Crippen LogP) is 1.97. The largest absolute Gasteiger partial charge is 0.353 e. The van der Waals surface area contributed by atoms with Crippen molar-refractivity contribution in [3.8, 4) is 0 Å². The molecule has 1 aromatic carbocycles. The van der Waals surface area contributed by atoms with Crippen LogP contribution in [0.25, 0.3) is 0 Å². The highest BCUT2D eigenvalue weighted by molar-refractivity contribution is 7.86. The van der Waals surface area contributed by atoms with Crippen LogP contribution in [0.5, 0.6) is 0 Å². The summed E-state index contributed by atoms with van der Waals surface area (Å²) in [5.41, 5.74) is 0.928. The van der Waals surface area contributed by atoms with Gasteiger partial charge in [-0.3, -0.25) is 4.18 Å². The topological polar surface area (TPSA) is 98.8 Å². The molecule has 0 amide bonds. The number of fused-ring (bicyclic) bond motifs is 1. The standard InChI is InChI=1S/C20H30O9S/c1-12-8-10-14(11-9-12)30(21,22)29-17-16-15(13(2)26-18(17)23-5)27-19(3,24-6)20(4,25-7)28-16/h8-11,13,15-18H,1-7H3/t13-,15-,16+,17+,18+,19+,20+/m0/s1. The fourth-order valence-corrected chi connectivity index (χ4v) is 4.74. The molecule has 0 spiro atoms. The molecule has 7 atom stereocenters. The van der Waals surface area contributed by atoms with Crippen molar-refractivity contribution in [2.75, 3.05) is 21.3 Å². The van der Waals surface area contributed by atoms with Gasteiger partial charge in [-0.1, -0.05) is 17.7 Å². The Labute approximate surface area is 177 Å². The summed E-state index contributed by atoms with van der Waals surface area (Å²) in [5, 5.41) is 0. The van der Waals surface area contributed by atoms with E-state index in [4.69, 9.17) is 32.6 Å². The Morgan fingerprint density at radius 3 is 1.97 bits per heavy atom. The fraction of sp³-hybridized carbons (Fsp3) is 0.700. The molecule has 2 fully saturated rings. The van der Waals surface area contributed by atoms with Gasteiger partial charge in [0, 0.05) is 21.3 Å². The molecule has 170 valence electrons. The van der Waals surface area contributed by atoms with Gasteiger partial charge in [0.1, 0.15) is 12.2 Å². The molecule has 0 unspecified atom stereocenters. The Balaban J connectivity index is 1.97. The summed E-state index contributed by atoms with van der Waals surface area (Å²) >= 11 is 0. The molecule has 2 aliphatic heterocycles. The number of aryl methyl sites for hydroxylation is 1. The number of benzene rings is 1. The van der Waals surface area contributed by atoms with Gasteiger partial charge < -0.3 is 28.4 Å². The minimum Gasteiger partial charge on any atom is -0.353 e. The molecule has 9 nitrogen and oxygen atoms in total. The van der Waals surface area contributed by atoms with Crippen molar-refractivity contribution in [1.29, 1.82) is 0 Å². The first-order valence-electron chi connectivity index (χ1n) is 9.64. The zero-order chi connectivity index (χ0) is 22.3. The highest BCUT2D eigenvalue weighted by atomic mass is 32.2. The zero-order valence-corrected chi connectivity index (χ0v) is 19.1. The zero-order valence-electron chi connectivity index (χ0n) is 18.3. The molecule has 0 N–H and O–H groups in total. The molecule has 3 rings (SSSR count). The van der Waals surface area contributed by atoms with Crippen LogP contribution in [0.15, 0.2) is 29.2 Å². The quantitative estimate of drug-likeness (QED) is 0.607. The van der Waals surface area contributed by atoms with E-state index < -0.39 is 52.4 Å². The Morgan fingerprint density at radius 1 is 0.933 bits per heavy atom. The number of rotatable bonds is 6. The van der Waals surface area contributed by atoms with Crippen molar-refractivity contribution in [2.45, 2.75) is 74.9 Å². The van der Waals surface area contributed by atoms with Gasteiger partial charge in [-0.15, -0.1) is 0 Å². The van der Waals surface area contributed by atoms with Crippen molar-refractivity contribution in [2.24, 2.45) is 0 Å². The Hall–Kier alpha value is -1.11. The van der Waals surface area contributed by atoms with Crippen LogP contribution < -0.4 is 0 Å². The van der Waals surface area contributed by atoms with Crippen LogP contribution in [-0.2, 0) is 42.7 Å². The lowest BCUT2D eigenvalue weighted by molar-refractivity contribution is -0.476. The first kappa shape index (κ1) is 23.6. The highest BCUT2D eigenvalue weighted by Gasteiger charge is 2.62. The lowest BCUT2D eigenvalue weighted by Crippen LogP contribution is -2.72. The summed E-state index contributed by atoms with van der Waals surface area (Å²) in [7, 11) is 0.204. The number of ether oxygens (including phenoxy) is 6. The van der Waals surface area contributed by atoms with Gasteiger partial charge in [0.05, 0.1) is 11.0 Å². The normalized spacial score (nSPS) is 39.5. The summed E-state index contributed by atoms with van der Waals surface area (Å²) in [6.45, 7) is 6.98. The van der Waals surface area contributed by atoms with E-state index in [-0.39, 0.29) is 4.90 Å². The third-order valence-corrected chi connectivity index (χ3v) is 7.16. The lowest BCUT2D eigenvalue weighted by Gasteiger charge is -2.56. The second-order valence-electron chi connectivity index (χ2n) is 7.74. The molecule has 1 aromatic rings. The first-order chi connectivity index (χ1) is 14.0. The van der Waals surface area contributed by atoms with E-state index in [9.17, 15) is 8.42 Å². The second-order valence-corrected chi connectivity index (χ2v) is 9.31. The highest BCUT2D eigenvalue weighted by Crippen LogP contribution is 2.44. The van der Waals surface area contributed by atoms with Crippen molar-refractivity contribution in [3.05, 3.63) is 29.8 Å².